The lowest BCUT2D eigenvalue weighted by molar-refractivity contribution is 0.363. The van der Waals surface area contributed by atoms with E-state index in [1.807, 2.05) is 0 Å². The number of benzene rings is 1. The molecule has 1 aromatic carbocycles. The number of rotatable bonds is 2. The molecule has 3 N–H and O–H groups in total. The summed E-state index contributed by atoms with van der Waals surface area (Å²) in [6, 6.07) is 4.97. The van der Waals surface area contributed by atoms with Gasteiger partial charge in [-0.15, -0.1) is 0 Å². The molecule has 0 amide bonds. The van der Waals surface area contributed by atoms with Crippen molar-refractivity contribution in [3.63, 3.8) is 0 Å². The van der Waals surface area contributed by atoms with Gasteiger partial charge in [-0.3, -0.25) is 0 Å². The number of nitrogens with two attached hydrogens (primary N) is 1. The minimum Gasteiger partial charge on any atom is -0.503 e. The molecule has 0 radical (unpaired) electrons. The molecule has 0 bridgehead atoms. The maximum absolute atomic E-state index is 9.26. The lowest BCUT2D eigenvalue weighted by atomic mass is 10.3. The third-order valence-electron chi connectivity index (χ3n) is 1.24. The van der Waals surface area contributed by atoms with Crippen LogP contribution in [0.3, 0.4) is 0 Å². The molecule has 3 nitrogen and oxygen atoms in total. The summed E-state index contributed by atoms with van der Waals surface area (Å²) < 4.78 is 5.00. The zero-order valence-electron chi connectivity index (χ0n) is 5.75. The Morgan fingerprint density at radius 2 is 2.27 bits per heavy atom. The van der Waals surface area contributed by atoms with Crippen molar-refractivity contribution in [2.75, 3.05) is 11.2 Å². The fourth-order valence-corrected chi connectivity index (χ4v) is 0.961. The Morgan fingerprint density at radius 1 is 1.55 bits per heavy atom. The maximum Gasteiger partial charge on any atom is 0.181 e. The molecule has 0 atom stereocenters. The second-order valence-corrected chi connectivity index (χ2v) is 2.41. The van der Waals surface area contributed by atoms with E-state index in [1.165, 1.54) is 0 Å². The average Bonchev–Trinajstić information content (AvgIpc) is 1.99. The molecule has 0 unspecified atom stereocenters. The number of alkyl halides is 1. The van der Waals surface area contributed by atoms with Crippen molar-refractivity contribution in [1.82, 2.24) is 0 Å². The van der Waals surface area contributed by atoms with Gasteiger partial charge in [-0.1, -0.05) is 6.07 Å². The smallest absolute Gasteiger partial charge is 0.181 e. The third-order valence-corrected chi connectivity index (χ3v) is 1.47. The summed E-state index contributed by atoms with van der Waals surface area (Å²) in [6.45, 7) is 0. The number of hydrogen-bond donors (Lipinski definition) is 2. The molecule has 0 aromatic heterocycles. The van der Waals surface area contributed by atoms with E-state index in [-0.39, 0.29) is 5.75 Å². The van der Waals surface area contributed by atoms with Crippen LogP contribution in [0.1, 0.15) is 0 Å². The van der Waals surface area contributed by atoms with E-state index in [0.717, 1.165) is 0 Å². The third kappa shape index (κ3) is 1.77. The van der Waals surface area contributed by atoms with Crippen molar-refractivity contribution >= 4 is 21.6 Å². The first-order valence-electron chi connectivity index (χ1n) is 3.02. The molecule has 0 spiro atoms. The van der Waals surface area contributed by atoms with Crippen molar-refractivity contribution in [3.05, 3.63) is 18.2 Å². The number of para-hydroxylation sites is 1. The van der Waals surface area contributed by atoms with Crippen LogP contribution in [0.2, 0.25) is 0 Å². The molecule has 1 aromatic rings. The number of phenolic OH excluding ortho intramolecular Hbond substituents is 1. The number of phenols is 1. The SMILES string of the molecule is Nc1cccc(OCBr)c1O. The molecule has 0 fully saturated rings. The Bertz CT molecular complexity index is 252. The fourth-order valence-electron chi connectivity index (χ4n) is 0.715. The molecule has 0 aliphatic carbocycles. The minimum absolute atomic E-state index is 0.00745. The van der Waals surface area contributed by atoms with Crippen LogP contribution in [0.25, 0.3) is 0 Å². The number of ether oxygens (including phenoxy) is 1. The van der Waals surface area contributed by atoms with E-state index in [2.05, 4.69) is 15.9 Å². The van der Waals surface area contributed by atoms with Gasteiger partial charge in [0.2, 0.25) is 0 Å². The first-order valence-corrected chi connectivity index (χ1v) is 4.14. The summed E-state index contributed by atoms with van der Waals surface area (Å²) >= 11 is 3.07. The molecule has 0 saturated heterocycles. The summed E-state index contributed by atoms with van der Waals surface area (Å²) in [6.07, 6.45) is 0. The molecule has 4 heteroatoms. The van der Waals surface area contributed by atoms with E-state index in [9.17, 15) is 5.11 Å². The highest BCUT2D eigenvalue weighted by atomic mass is 79.9. The van der Waals surface area contributed by atoms with Crippen LogP contribution in [-0.2, 0) is 0 Å². The lowest BCUT2D eigenvalue weighted by Gasteiger charge is -2.05. The van der Waals surface area contributed by atoms with Gasteiger partial charge in [-0.05, 0) is 28.1 Å². The van der Waals surface area contributed by atoms with E-state index >= 15 is 0 Å². The van der Waals surface area contributed by atoms with Gasteiger partial charge < -0.3 is 15.6 Å². The van der Waals surface area contributed by atoms with Crippen LogP contribution < -0.4 is 10.5 Å². The Labute approximate surface area is 72.9 Å². The van der Waals surface area contributed by atoms with E-state index in [4.69, 9.17) is 10.5 Å². The highest BCUT2D eigenvalue weighted by molar-refractivity contribution is 9.09. The summed E-state index contributed by atoms with van der Waals surface area (Å²) in [5, 5.41) is 9.26. The molecule has 60 valence electrons. The van der Waals surface area contributed by atoms with Gasteiger partial charge in [0, 0.05) is 0 Å². The Hall–Kier alpha value is -0.900. The number of hydrogen-bond acceptors (Lipinski definition) is 3. The highest BCUT2D eigenvalue weighted by Gasteiger charge is 2.03. The van der Waals surface area contributed by atoms with E-state index in [1.54, 1.807) is 18.2 Å². The van der Waals surface area contributed by atoms with Crippen molar-refractivity contribution in [1.29, 1.82) is 0 Å². The molecule has 0 aliphatic heterocycles. The van der Waals surface area contributed by atoms with Crippen LogP contribution in [-0.4, -0.2) is 10.6 Å². The topological polar surface area (TPSA) is 55.5 Å². The number of halogens is 1. The molecule has 0 saturated carbocycles. The normalized spacial score (nSPS) is 9.55. The van der Waals surface area contributed by atoms with Gasteiger partial charge in [0.25, 0.3) is 0 Å². The Morgan fingerprint density at radius 3 is 2.91 bits per heavy atom. The Balaban J connectivity index is 2.96. The van der Waals surface area contributed by atoms with Gasteiger partial charge in [-0.2, -0.15) is 0 Å². The summed E-state index contributed by atoms with van der Waals surface area (Å²) in [4.78, 5) is 0. The van der Waals surface area contributed by atoms with Gasteiger partial charge in [0.05, 0.1) is 5.69 Å². The van der Waals surface area contributed by atoms with Gasteiger partial charge in [0.1, 0.15) is 5.52 Å². The lowest BCUT2D eigenvalue weighted by Crippen LogP contribution is -1.91. The molecule has 1 rings (SSSR count). The van der Waals surface area contributed by atoms with Crippen LogP contribution in [0.15, 0.2) is 18.2 Å². The fraction of sp³-hybridized carbons (Fsp3) is 0.143. The summed E-state index contributed by atoms with van der Waals surface area (Å²) in [7, 11) is 0. The van der Waals surface area contributed by atoms with Crippen molar-refractivity contribution in [2.24, 2.45) is 0 Å². The zero-order chi connectivity index (χ0) is 8.27. The molecule has 0 aliphatic rings. The van der Waals surface area contributed by atoms with Crippen molar-refractivity contribution in [3.8, 4) is 11.5 Å². The number of aromatic hydroxyl groups is 1. The average molecular weight is 218 g/mol. The van der Waals surface area contributed by atoms with Gasteiger partial charge >= 0.3 is 0 Å². The Kier molecular flexibility index (Phi) is 2.59. The second-order valence-electron chi connectivity index (χ2n) is 1.95. The van der Waals surface area contributed by atoms with Crippen molar-refractivity contribution in [2.45, 2.75) is 0 Å². The first-order chi connectivity index (χ1) is 5.25. The molecule has 11 heavy (non-hydrogen) atoms. The van der Waals surface area contributed by atoms with Crippen LogP contribution in [0.5, 0.6) is 11.5 Å². The van der Waals surface area contributed by atoms with Crippen molar-refractivity contribution < 1.29 is 9.84 Å². The summed E-state index contributed by atoms with van der Waals surface area (Å²) in [5.41, 5.74) is 6.07. The van der Waals surface area contributed by atoms with Crippen LogP contribution in [0, 0.1) is 0 Å². The number of nitrogen functional groups attached to an aromatic ring is 1. The predicted octanol–water partition coefficient (Wildman–Crippen LogP) is 1.71. The largest absolute Gasteiger partial charge is 0.503 e. The van der Waals surface area contributed by atoms with Crippen LogP contribution in [0.4, 0.5) is 5.69 Å². The monoisotopic (exact) mass is 217 g/mol. The second kappa shape index (κ2) is 3.48. The van der Waals surface area contributed by atoms with Gasteiger partial charge in [-0.25, -0.2) is 0 Å². The molecular weight excluding hydrogens is 210 g/mol. The quantitative estimate of drug-likeness (QED) is 0.451. The van der Waals surface area contributed by atoms with Gasteiger partial charge in [0.15, 0.2) is 11.5 Å². The first kappa shape index (κ1) is 8.20. The standard InChI is InChI=1S/C7H8BrNO2/c8-4-11-6-3-1-2-5(9)7(6)10/h1-3,10H,4,9H2. The highest BCUT2D eigenvalue weighted by Crippen LogP contribution is 2.31. The van der Waals surface area contributed by atoms with E-state index < -0.39 is 0 Å². The molecular formula is C7H8BrNO2. The summed E-state index contributed by atoms with van der Waals surface area (Å²) in [5.74, 6) is 0.383. The minimum atomic E-state index is -0.00745. The number of anilines is 1. The predicted molar refractivity (Wildman–Crippen MR) is 46.9 cm³/mol. The zero-order valence-corrected chi connectivity index (χ0v) is 7.34. The maximum atomic E-state index is 9.26. The van der Waals surface area contributed by atoms with Crippen LogP contribution >= 0.6 is 15.9 Å². The molecule has 0 heterocycles. The van der Waals surface area contributed by atoms with E-state index in [0.29, 0.717) is 17.0 Å².